The topological polar surface area (TPSA) is 90.5 Å². The third-order valence-electron chi connectivity index (χ3n) is 4.18. The molecule has 7 nitrogen and oxygen atoms in total. The van der Waals surface area contributed by atoms with Gasteiger partial charge in [0.15, 0.2) is 0 Å². The third kappa shape index (κ3) is 2.72. The average Bonchev–Trinajstić information content (AvgIpc) is 2.90. The van der Waals surface area contributed by atoms with E-state index >= 15 is 0 Å². The van der Waals surface area contributed by atoms with Crippen LogP contribution in [-0.2, 0) is 4.74 Å². The zero-order valence-corrected chi connectivity index (χ0v) is 13.4. The van der Waals surface area contributed by atoms with Crippen LogP contribution in [0.5, 0.6) is 0 Å². The molecule has 2 heterocycles. The quantitative estimate of drug-likeness (QED) is 0.874. The monoisotopic (exact) mass is 330 g/mol. The number of nitrogens with zero attached hydrogens (tertiary/aromatic N) is 2. The van der Waals surface area contributed by atoms with Crippen LogP contribution in [0.25, 0.3) is 0 Å². The highest BCUT2D eigenvalue weighted by molar-refractivity contribution is 5.95. The van der Waals surface area contributed by atoms with E-state index < -0.39 is 35.6 Å². The number of rotatable bonds is 2. The summed E-state index contributed by atoms with van der Waals surface area (Å²) in [5, 5.41) is 9.82. The first-order valence-corrected chi connectivity index (χ1v) is 7.68. The van der Waals surface area contributed by atoms with Gasteiger partial charge in [-0.15, -0.1) is 0 Å². The van der Waals surface area contributed by atoms with E-state index in [1.165, 1.54) is 17.7 Å². The van der Waals surface area contributed by atoms with E-state index in [1.54, 1.807) is 37.3 Å². The highest BCUT2D eigenvalue weighted by Gasteiger charge is 2.33. The van der Waals surface area contributed by atoms with Gasteiger partial charge < -0.3 is 9.84 Å². The first-order valence-electron chi connectivity index (χ1n) is 7.68. The van der Waals surface area contributed by atoms with Crippen LogP contribution in [0.4, 0.5) is 0 Å². The van der Waals surface area contributed by atoms with Gasteiger partial charge in [0.1, 0.15) is 6.23 Å². The number of hydrogen-bond acceptors (Lipinski definition) is 5. The standard InChI is InChI=1S/C17H18N2O5/c1-10-9-18(14-8-13(20)11(2)24-14)17(23)19(15(10)21)16(22)12-6-4-3-5-7-12/h3-7,9,11,13-14,20H,8H2,1-2H3/t11-,13?,14-/m1/s1. The lowest BCUT2D eigenvalue weighted by molar-refractivity contribution is -0.0106. The Bertz CT molecular complexity index is 874. The second kappa shape index (κ2) is 6.18. The number of aryl methyl sites for hydroxylation is 1. The molecule has 1 N–H and O–H groups in total. The molecular weight excluding hydrogens is 312 g/mol. The van der Waals surface area contributed by atoms with E-state index in [9.17, 15) is 19.5 Å². The fraction of sp³-hybridized carbons (Fsp3) is 0.353. The summed E-state index contributed by atoms with van der Waals surface area (Å²) < 4.78 is 7.38. The number of carbonyl (C=O) groups is 1. The van der Waals surface area contributed by atoms with Crippen molar-refractivity contribution >= 4 is 5.91 Å². The molecule has 126 valence electrons. The molecule has 1 unspecified atom stereocenters. The van der Waals surface area contributed by atoms with Gasteiger partial charge in [-0.05, 0) is 26.0 Å². The number of benzene rings is 1. The van der Waals surface area contributed by atoms with Crippen molar-refractivity contribution in [3.05, 3.63) is 68.5 Å². The van der Waals surface area contributed by atoms with Crippen molar-refractivity contribution in [2.45, 2.75) is 38.7 Å². The number of aliphatic hydroxyl groups is 1. The van der Waals surface area contributed by atoms with Gasteiger partial charge in [-0.3, -0.25) is 14.2 Å². The lowest BCUT2D eigenvalue weighted by Gasteiger charge is -2.16. The van der Waals surface area contributed by atoms with Crippen molar-refractivity contribution in [2.75, 3.05) is 0 Å². The van der Waals surface area contributed by atoms with E-state index in [2.05, 4.69) is 0 Å². The fourth-order valence-electron chi connectivity index (χ4n) is 2.76. The van der Waals surface area contributed by atoms with Gasteiger partial charge in [-0.2, -0.15) is 4.57 Å². The summed E-state index contributed by atoms with van der Waals surface area (Å²) in [4.78, 5) is 37.6. The van der Waals surface area contributed by atoms with Crippen LogP contribution in [-0.4, -0.2) is 32.4 Å². The Labute approximate surface area is 137 Å². The maximum atomic E-state index is 12.7. The Balaban J connectivity index is 2.12. The molecule has 0 bridgehead atoms. The van der Waals surface area contributed by atoms with Gasteiger partial charge in [0.05, 0.1) is 12.2 Å². The molecule has 3 atom stereocenters. The molecule has 2 aromatic rings. The normalized spacial score (nSPS) is 23.4. The van der Waals surface area contributed by atoms with E-state index in [0.717, 1.165) is 0 Å². The van der Waals surface area contributed by atoms with Crippen LogP contribution in [0.2, 0.25) is 0 Å². The molecule has 24 heavy (non-hydrogen) atoms. The van der Waals surface area contributed by atoms with Crippen molar-refractivity contribution in [2.24, 2.45) is 0 Å². The number of carbonyl (C=O) groups excluding carboxylic acids is 1. The van der Waals surface area contributed by atoms with Crippen LogP contribution < -0.4 is 11.2 Å². The maximum Gasteiger partial charge on any atom is 0.340 e. The second-order valence-electron chi connectivity index (χ2n) is 5.91. The van der Waals surface area contributed by atoms with Gasteiger partial charge in [-0.1, -0.05) is 18.2 Å². The van der Waals surface area contributed by atoms with Gasteiger partial charge in [0.25, 0.3) is 11.5 Å². The zero-order chi connectivity index (χ0) is 17.4. The first-order chi connectivity index (χ1) is 11.4. The average molecular weight is 330 g/mol. The molecule has 1 aromatic carbocycles. The number of hydrogen-bond donors (Lipinski definition) is 1. The minimum atomic E-state index is -0.772. The molecule has 0 amide bonds. The first kappa shape index (κ1) is 16.4. The molecular formula is C17H18N2O5. The lowest BCUT2D eigenvalue weighted by Crippen LogP contribution is -2.45. The predicted molar refractivity (Wildman–Crippen MR) is 86.1 cm³/mol. The van der Waals surface area contributed by atoms with Gasteiger partial charge in [-0.25, -0.2) is 4.79 Å². The SMILES string of the molecule is Cc1cn([C@H]2CC(O)[C@@H](C)O2)c(=O)n(C(=O)c2ccccc2)c1=O. The predicted octanol–water partition coefficient (Wildman–Crippen LogP) is 0.675. The number of aliphatic hydroxyl groups excluding tert-OH is 1. The minimum absolute atomic E-state index is 0.220. The van der Waals surface area contributed by atoms with Crippen molar-refractivity contribution < 1.29 is 14.6 Å². The Morgan fingerprint density at radius 2 is 1.92 bits per heavy atom. The largest absolute Gasteiger partial charge is 0.390 e. The number of aromatic nitrogens is 2. The highest BCUT2D eigenvalue weighted by atomic mass is 16.5. The van der Waals surface area contributed by atoms with Crippen LogP contribution in [0.1, 0.15) is 35.5 Å². The van der Waals surface area contributed by atoms with Gasteiger partial charge in [0, 0.05) is 23.7 Å². The molecule has 0 spiro atoms. The van der Waals surface area contributed by atoms with E-state index in [0.29, 0.717) is 4.57 Å². The summed E-state index contributed by atoms with van der Waals surface area (Å²) >= 11 is 0. The molecule has 1 aliphatic heterocycles. The fourth-order valence-corrected chi connectivity index (χ4v) is 2.76. The molecule has 3 rings (SSSR count). The van der Waals surface area contributed by atoms with Gasteiger partial charge >= 0.3 is 5.69 Å². The summed E-state index contributed by atoms with van der Waals surface area (Å²) in [7, 11) is 0. The summed E-state index contributed by atoms with van der Waals surface area (Å²) in [6.45, 7) is 3.23. The Morgan fingerprint density at radius 1 is 1.25 bits per heavy atom. The Kier molecular flexibility index (Phi) is 4.21. The zero-order valence-electron chi connectivity index (χ0n) is 13.4. The third-order valence-corrected chi connectivity index (χ3v) is 4.18. The molecule has 7 heteroatoms. The van der Waals surface area contributed by atoms with Crippen molar-refractivity contribution in [1.82, 2.24) is 9.13 Å². The molecule has 1 fully saturated rings. The van der Waals surface area contributed by atoms with E-state index in [-0.39, 0.29) is 17.5 Å². The molecule has 0 radical (unpaired) electrons. The van der Waals surface area contributed by atoms with Crippen molar-refractivity contribution in [3.8, 4) is 0 Å². The summed E-state index contributed by atoms with van der Waals surface area (Å²) in [6.07, 6.45) is -0.246. The smallest absolute Gasteiger partial charge is 0.340 e. The maximum absolute atomic E-state index is 12.7. The van der Waals surface area contributed by atoms with E-state index in [4.69, 9.17) is 4.74 Å². The van der Waals surface area contributed by atoms with Crippen LogP contribution >= 0.6 is 0 Å². The van der Waals surface area contributed by atoms with E-state index in [1.807, 2.05) is 0 Å². The van der Waals surface area contributed by atoms with Crippen LogP contribution in [0, 0.1) is 6.92 Å². The van der Waals surface area contributed by atoms with Crippen LogP contribution in [0.3, 0.4) is 0 Å². The highest BCUT2D eigenvalue weighted by Crippen LogP contribution is 2.27. The van der Waals surface area contributed by atoms with Crippen molar-refractivity contribution in [1.29, 1.82) is 0 Å². The lowest BCUT2D eigenvalue weighted by atomic mass is 10.2. The molecule has 1 saturated heterocycles. The molecule has 0 saturated carbocycles. The molecule has 1 aromatic heterocycles. The Hall–Kier alpha value is -2.51. The summed E-state index contributed by atoms with van der Waals surface area (Å²) in [5.41, 5.74) is -0.937. The van der Waals surface area contributed by atoms with Crippen molar-refractivity contribution in [3.63, 3.8) is 0 Å². The van der Waals surface area contributed by atoms with Crippen LogP contribution in [0.15, 0.2) is 46.1 Å². The number of ether oxygens (including phenoxy) is 1. The van der Waals surface area contributed by atoms with Gasteiger partial charge in [0.2, 0.25) is 0 Å². The summed E-state index contributed by atoms with van der Waals surface area (Å²) in [5.74, 6) is -0.686. The molecule has 0 aliphatic carbocycles. The Morgan fingerprint density at radius 3 is 2.50 bits per heavy atom. The summed E-state index contributed by atoms with van der Waals surface area (Å²) in [6, 6.07) is 8.14. The molecule has 1 aliphatic rings. The second-order valence-corrected chi connectivity index (χ2v) is 5.91. The minimum Gasteiger partial charge on any atom is -0.390 e.